The summed E-state index contributed by atoms with van der Waals surface area (Å²) in [6.45, 7) is 0.141. The maximum atomic E-state index is 8.77. The van der Waals surface area contributed by atoms with Gasteiger partial charge in [0.1, 0.15) is 0 Å². The highest BCUT2D eigenvalue weighted by Gasteiger charge is 2.22. The molecule has 3 heteroatoms. The van der Waals surface area contributed by atoms with Crippen LogP contribution in [0.3, 0.4) is 0 Å². The smallest absolute Gasteiger partial charge is 0.0931 e. The Hall–Kier alpha value is -0.410. The molecule has 1 fully saturated rings. The van der Waals surface area contributed by atoms with E-state index in [1.54, 1.807) is 17.5 Å². The van der Waals surface area contributed by atoms with Gasteiger partial charge in [0, 0.05) is 12.6 Å². The molecule has 0 saturated heterocycles. The van der Waals surface area contributed by atoms with Crippen molar-refractivity contribution >= 4 is 11.3 Å². The molecule has 0 spiro atoms. The van der Waals surface area contributed by atoms with Crippen LogP contribution in [0.4, 0.5) is 0 Å². The Balaban J connectivity index is 1.99. The molecule has 1 heterocycles. The standard InChI is InChI=1S/C8H11NOS/c10-5-7-4-9-8(11-7)3-6-1-2-6/h4,6,10H,1-3,5H2. The first-order valence-electron chi connectivity index (χ1n) is 3.93. The van der Waals surface area contributed by atoms with Crippen LogP contribution >= 0.6 is 11.3 Å². The Bertz CT molecular complexity index is 242. The fourth-order valence-corrected chi connectivity index (χ4v) is 1.98. The monoisotopic (exact) mass is 169 g/mol. The number of nitrogens with zero attached hydrogens (tertiary/aromatic N) is 1. The molecule has 1 N–H and O–H groups in total. The van der Waals surface area contributed by atoms with Crippen LogP contribution in [0.2, 0.25) is 0 Å². The lowest BCUT2D eigenvalue weighted by atomic mass is 10.3. The summed E-state index contributed by atoms with van der Waals surface area (Å²) in [6.07, 6.45) is 5.65. The molecule has 0 aromatic carbocycles. The molecule has 0 atom stereocenters. The summed E-state index contributed by atoms with van der Waals surface area (Å²) < 4.78 is 0. The SMILES string of the molecule is OCc1cnc(CC2CC2)s1. The Labute approximate surface area is 69.9 Å². The van der Waals surface area contributed by atoms with E-state index in [0.29, 0.717) is 0 Å². The summed E-state index contributed by atoms with van der Waals surface area (Å²) >= 11 is 1.64. The predicted octanol–water partition coefficient (Wildman–Crippen LogP) is 1.59. The molecule has 0 unspecified atom stereocenters. The molecule has 0 amide bonds. The third-order valence-electron chi connectivity index (χ3n) is 1.92. The summed E-state index contributed by atoms with van der Waals surface area (Å²) in [5.41, 5.74) is 0. The van der Waals surface area contributed by atoms with Crippen LogP contribution < -0.4 is 0 Å². The molecule has 1 saturated carbocycles. The molecule has 1 aromatic rings. The topological polar surface area (TPSA) is 33.1 Å². The van der Waals surface area contributed by atoms with Crippen molar-refractivity contribution in [2.24, 2.45) is 5.92 Å². The summed E-state index contributed by atoms with van der Waals surface area (Å²) in [7, 11) is 0. The van der Waals surface area contributed by atoms with Gasteiger partial charge in [-0.2, -0.15) is 0 Å². The molecule has 1 aromatic heterocycles. The highest BCUT2D eigenvalue weighted by molar-refractivity contribution is 7.11. The van der Waals surface area contributed by atoms with Gasteiger partial charge < -0.3 is 5.11 Å². The first-order valence-corrected chi connectivity index (χ1v) is 4.74. The van der Waals surface area contributed by atoms with Crippen LogP contribution in [0.25, 0.3) is 0 Å². The number of rotatable bonds is 3. The number of aromatic nitrogens is 1. The lowest BCUT2D eigenvalue weighted by molar-refractivity contribution is 0.285. The Morgan fingerprint density at radius 3 is 3.00 bits per heavy atom. The Kier molecular flexibility index (Phi) is 1.92. The van der Waals surface area contributed by atoms with E-state index in [2.05, 4.69) is 4.98 Å². The molecular formula is C8H11NOS. The van der Waals surface area contributed by atoms with Gasteiger partial charge in [-0.05, 0) is 18.8 Å². The van der Waals surface area contributed by atoms with E-state index in [0.717, 1.165) is 17.2 Å². The molecule has 2 nitrogen and oxygen atoms in total. The number of thiazole rings is 1. The molecule has 11 heavy (non-hydrogen) atoms. The van der Waals surface area contributed by atoms with Crippen molar-refractivity contribution in [1.82, 2.24) is 4.98 Å². The van der Waals surface area contributed by atoms with Gasteiger partial charge in [0.05, 0.1) is 16.5 Å². The zero-order valence-corrected chi connectivity index (χ0v) is 7.10. The van der Waals surface area contributed by atoms with E-state index in [1.807, 2.05) is 0 Å². The average molecular weight is 169 g/mol. The molecular weight excluding hydrogens is 158 g/mol. The van der Waals surface area contributed by atoms with Crippen molar-refractivity contribution < 1.29 is 5.11 Å². The molecule has 1 aliphatic carbocycles. The van der Waals surface area contributed by atoms with Gasteiger partial charge >= 0.3 is 0 Å². The van der Waals surface area contributed by atoms with Gasteiger partial charge in [0.25, 0.3) is 0 Å². The Morgan fingerprint density at radius 2 is 2.45 bits per heavy atom. The number of aliphatic hydroxyl groups is 1. The van der Waals surface area contributed by atoms with Crippen molar-refractivity contribution in [3.05, 3.63) is 16.1 Å². The van der Waals surface area contributed by atoms with Crippen LogP contribution in [-0.4, -0.2) is 10.1 Å². The van der Waals surface area contributed by atoms with Gasteiger partial charge in [-0.3, -0.25) is 0 Å². The highest BCUT2D eigenvalue weighted by atomic mass is 32.1. The van der Waals surface area contributed by atoms with Crippen molar-refractivity contribution in [2.45, 2.75) is 25.9 Å². The summed E-state index contributed by atoms with van der Waals surface area (Å²) in [6, 6.07) is 0. The van der Waals surface area contributed by atoms with Gasteiger partial charge in [0.15, 0.2) is 0 Å². The molecule has 0 aliphatic heterocycles. The van der Waals surface area contributed by atoms with Gasteiger partial charge in [-0.1, -0.05) is 0 Å². The summed E-state index contributed by atoms with van der Waals surface area (Å²) in [4.78, 5) is 5.21. The zero-order chi connectivity index (χ0) is 7.68. The maximum absolute atomic E-state index is 8.77. The van der Waals surface area contributed by atoms with Crippen molar-refractivity contribution in [3.8, 4) is 0 Å². The Morgan fingerprint density at radius 1 is 1.64 bits per heavy atom. The van der Waals surface area contributed by atoms with E-state index < -0.39 is 0 Å². The lowest BCUT2D eigenvalue weighted by Gasteiger charge is -1.88. The molecule has 1 aliphatic rings. The minimum absolute atomic E-state index is 0.141. The molecule has 60 valence electrons. The van der Waals surface area contributed by atoms with E-state index in [1.165, 1.54) is 17.8 Å². The minimum Gasteiger partial charge on any atom is -0.391 e. The fourth-order valence-electron chi connectivity index (χ4n) is 1.08. The van der Waals surface area contributed by atoms with Crippen LogP contribution in [0.15, 0.2) is 6.20 Å². The average Bonchev–Trinajstić information content (AvgIpc) is 2.68. The van der Waals surface area contributed by atoms with Crippen molar-refractivity contribution in [2.75, 3.05) is 0 Å². The molecule has 0 radical (unpaired) electrons. The third-order valence-corrected chi connectivity index (χ3v) is 2.92. The van der Waals surface area contributed by atoms with Crippen molar-refractivity contribution in [3.63, 3.8) is 0 Å². The zero-order valence-electron chi connectivity index (χ0n) is 6.29. The lowest BCUT2D eigenvalue weighted by Crippen LogP contribution is -1.82. The van der Waals surface area contributed by atoms with Crippen LogP contribution in [0.5, 0.6) is 0 Å². The van der Waals surface area contributed by atoms with Crippen LogP contribution in [0, 0.1) is 5.92 Å². The number of aliphatic hydroxyl groups excluding tert-OH is 1. The van der Waals surface area contributed by atoms with E-state index >= 15 is 0 Å². The second kappa shape index (κ2) is 2.91. The fraction of sp³-hybridized carbons (Fsp3) is 0.625. The van der Waals surface area contributed by atoms with E-state index in [-0.39, 0.29) is 6.61 Å². The van der Waals surface area contributed by atoms with Crippen LogP contribution in [-0.2, 0) is 13.0 Å². The van der Waals surface area contributed by atoms with E-state index in [4.69, 9.17) is 5.11 Å². The van der Waals surface area contributed by atoms with E-state index in [9.17, 15) is 0 Å². The normalized spacial score (nSPS) is 17.2. The maximum Gasteiger partial charge on any atom is 0.0931 e. The quantitative estimate of drug-likeness (QED) is 0.745. The van der Waals surface area contributed by atoms with Gasteiger partial charge in [0.2, 0.25) is 0 Å². The van der Waals surface area contributed by atoms with Gasteiger partial charge in [-0.15, -0.1) is 11.3 Å². The molecule has 2 rings (SSSR count). The number of hydrogen-bond acceptors (Lipinski definition) is 3. The van der Waals surface area contributed by atoms with Crippen molar-refractivity contribution in [1.29, 1.82) is 0 Å². The summed E-state index contributed by atoms with van der Waals surface area (Å²) in [5, 5.41) is 9.96. The van der Waals surface area contributed by atoms with Crippen LogP contribution in [0.1, 0.15) is 22.7 Å². The number of hydrogen-bond donors (Lipinski definition) is 1. The second-order valence-corrected chi connectivity index (χ2v) is 4.23. The largest absolute Gasteiger partial charge is 0.391 e. The van der Waals surface area contributed by atoms with Gasteiger partial charge in [-0.25, -0.2) is 4.98 Å². The summed E-state index contributed by atoms with van der Waals surface area (Å²) in [5.74, 6) is 0.896. The second-order valence-electron chi connectivity index (χ2n) is 3.03. The highest BCUT2D eigenvalue weighted by Crippen LogP contribution is 2.33. The molecule has 0 bridgehead atoms. The predicted molar refractivity (Wildman–Crippen MR) is 44.5 cm³/mol. The first kappa shape index (κ1) is 7.25. The third kappa shape index (κ3) is 1.79. The first-order chi connectivity index (χ1) is 5.38. The minimum atomic E-state index is 0.141.